The Bertz CT molecular complexity index is 1270. The Kier molecular flexibility index (Phi) is 8.48. The predicted octanol–water partition coefficient (Wildman–Crippen LogP) is 1.62. The van der Waals surface area contributed by atoms with Crippen LogP contribution in [0.1, 0.15) is 38.3 Å². The summed E-state index contributed by atoms with van der Waals surface area (Å²) in [5, 5.41) is 10.8. The summed E-state index contributed by atoms with van der Waals surface area (Å²) in [6.45, 7) is 9.21. The smallest absolute Gasteiger partial charge is 0.249 e. The lowest BCUT2D eigenvalue weighted by Crippen LogP contribution is -2.57. The molecule has 0 saturated carbocycles. The average Bonchev–Trinajstić information content (AvgIpc) is 3.33. The van der Waals surface area contributed by atoms with Crippen molar-refractivity contribution >= 4 is 17.7 Å². The van der Waals surface area contributed by atoms with Crippen molar-refractivity contribution in [3.05, 3.63) is 60.2 Å². The molecule has 10 nitrogen and oxygen atoms in total. The van der Waals surface area contributed by atoms with Crippen LogP contribution in [0.5, 0.6) is 0 Å². The maximum atomic E-state index is 14.8. The van der Waals surface area contributed by atoms with E-state index in [-0.39, 0.29) is 24.3 Å². The number of carbonyl (C=O) groups excluding carboxylic acids is 3. The lowest BCUT2D eigenvalue weighted by atomic mass is 9.73. The van der Waals surface area contributed by atoms with E-state index in [1.165, 1.54) is 0 Å². The first-order valence-corrected chi connectivity index (χ1v) is 15.8. The molecule has 5 heterocycles. The van der Waals surface area contributed by atoms with Gasteiger partial charge < -0.3 is 29.3 Å². The average molecular weight is 593 g/mol. The van der Waals surface area contributed by atoms with E-state index in [4.69, 9.17) is 9.47 Å². The second kappa shape index (κ2) is 12.1. The van der Waals surface area contributed by atoms with Crippen molar-refractivity contribution in [3.8, 4) is 0 Å². The Morgan fingerprint density at radius 1 is 0.884 bits per heavy atom. The fourth-order valence-corrected chi connectivity index (χ4v) is 7.92. The molecule has 5 aliphatic rings. The lowest BCUT2D eigenvalue weighted by molar-refractivity contribution is -0.157. The van der Waals surface area contributed by atoms with Gasteiger partial charge in [0, 0.05) is 45.8 Å². The van der Waals surface area contributed by atoms with Crippen LogP contribution in [0, 0.1) is 11.8 Å². The molecule has 6 rings (SSSR count). The molecule has 43 heavy (non-hydrogen) atoms. The number of amides is 3. The highest BCUT2D eigenvalue weighted by Crippen LogP contribution is 2.59. The third-order valence-corrected chi connectivity index (χ3v) is 10.0. The van der Waals surface area contributed by atoms with E-state index in [9.17, 15) is 19.5 Å². The maximum Gasteiger partial charge on any atom is 0.249 e. The number of morpholine rings is 1. The van der Waals surface area contributed by atoms with Crippen molar-refractivity contribution in [2.24, 2.45) is 11.8 Å². The predicted molar refractivity (Wildman–Crippen MR) is 160 cm³/mol. The minimum Gasteiger partial charge on any atom is -0.394 e. The van der Waals surface area contributed by atoms with E-state index >= 15 is 0 Å². The highest BCUT2D eigenvalue weighted by atomic mass is 16.5. The molecule has 1 aromatic carbocycles. The van der Waals surface area contributed by atoms with Gasteiger partial charge in [-0.3, -0.25) is 19.3 Å². The second-order valence-electron chi connectivity index (χ2n) is 12.3. The van der Waals surface area contributed by atoms with Gasteiger partial charge in [-0.05, 0) is 18.4 Å². The highest BCUT2D eigenvalue weighted by molar-refractivity contribution is 6.00. The number of rotatable bonds is 9. The number of likely N-dealkylation sites (tertiary alicyclic amines) is 1. The van der Waals surface area contributed by atoms with E-state index in [0.717, 1.165) is 25.1 Å². The van der Waals surface area contributed by atoms with Gasteiger partial charge in [-0.2, -0.15) is 0 Å². The van der Waals surface area contributed by atoms with E-state index in [1.807, 2.05) is 73.4 Å². The molecule has 1 aromatic rings. The quantitative estimate of drug-likeness (QED) is 0.435. The Balaban J connectivity index is 1.44. The van der Waals surface area contributed by atoms with Crippen molar-refractivity contribution in [1.29, 1.82) is 0 Å². The van der Waals surface area contributed by atoms with Crippen LogP contribution in [0.25, 0.3) is 0 Å². The molecule has 5 aliphatic heterocycles. The Hall–Kier alpha value is -3.05. The van der Waals surface area contributed by atoms with Gasteiger partial charge in [0.05, 0.1) is 43.3 Å². The van der Waals surface area contributed by atoms with E-state index < -0.39 is 35.1 Å². The van der Waals surface area contributed by atoms with Crippen LogP contribution < -0.4 is 0 Å². The zero-order valence-electron chi connectivity index (χ0n) is 25.3. The summed E-state index contributed by atoms with van der Waals surface area (Å²) < 4.78 is 12.6. The van der Waals surface area contributed by atoms with Crippen LogP contribution >= 0.6 is 0 Å². The molecule has 1 spiro atoms. The van der Waals surface area contributed by atoms with Crippen LogP contribution in [0.4, 0.5) is 0 Å². The minimum atomic E-state index is -1.35. The summed E-state index contributed by atoms with van der Waals surface area (Å²) in [5.74, 6) is -2.33. The number of aliphatic hydroxyl groups excluding tert-OH is 1. The largest absolute Gasteiger partial charge is 0.394 e. The normalized spacial score (nSPS) is 33.3. The number of ether oxygens (including phenoxy) is 2. The number of hydrogen-bond donors (Lipinski definition) is 1. The maximum absolute atomic E-state index is 14.8. The highest BCUT2D eigenvalue weighted by Gasteiger charge is 2.76. The van der Waals surface area contributed by atoms with Gasteiger partial charge in [0.2, 0.25) is 17.7 Å². The van der Waals surface area contributed by atoms with Gasteiger partial charge in [0.15, 0.2) is 0 Å². The standard InChI is InChI=1S/C33H44N4O6/c1-3-14-35-15-8-12-32(4-2)26(29(35)39)27-30(40)37(25(23-38)24-10-6-5-7-11-24)28-31(41)36(16-9-13-33(27,28)43-32)18-17-34-19-21-42-22-20-34/h5-13,25-28,38H,3-4,14-23H2,1-2H3/t25-,26-,27+,28?,32+,33+/m1/s1. The SMILES string of the molecule is CCCN1CC=C[C@]2(CC)O[C@]34C=CCN(CCN5CCOCC5)C(=O)C3N([C@H](CO)c3ccccc3)C(=O)[C@@H]4[C@@H]2C1=O. The number of aliphatic hydroxyl groups is 1. The zero-order valence-corrected chi connectivity index (χ0v) is 25.3. The molecule has 0 aromatic heterocycles. The molecule has 0 radical (unpaired) electrons. The number of nitrogens with zero attached hydrogens (tertiary/aromatic N) is 4. The Labute approximate surface area is 253 Å². The first-order valence-electron chi connectivity index (χ1n) is 15.8. The summed E-state index contributed by atoms with van der Waals surface area (Å²) in [7, 11) is 0. The first kappa shape index (κ1) is 30.0. The van der Waals surface area contributed by atoms with Crippen LogP contribution in [-0.2, 0) is 23.9 Å². The van der Waals surface area contributed by atoms with Crippen molar-refractivity contribution in [2.75, 3.05) is 65.6 Å². The summed E-state index contributed by atoms with van der Waals surface area (Å²) in [6, 6.07) is 7.54. The van der Waals surface area contributed by atoms with Crippen LogP contribution in [-0.4, -0.2) is 125 Å². The van der Waals surface area contributed by atoms with Gasteiger partial charge in [-0.1, -0.05) is 68.5 Å². The molecule has 10 heteroatoms. The first-order chi connectivity index (χ1) is 20.9. The molecule has 3 fully saturated rings. The third-order valence-electron chi connectivity index (χ3n) is 10.0. The lowest BCUT2D eigenvalue weighted by Gasteiger charge is -2.41. The monoisotopic (exact) mass is 592 g/mol. The second-order valence-corrected chi connectivity index (χ2v) is 12.3. The molecular weight excluding hydrogens is 548 g/mol. The zero-order chi connectivity index (χ0) is 30.2. The molecule has 0 bridgehead atoms. The fourth-order valence-electron chi connectivity index (χ4n) is 7.92. The summed E-state index contributed by atoms with van der Waals surface area (Å²) in [4.78, 5) is 51.3. The van der Waals surface area contributed by atoms with Gasteiger partial charge in [0.1, 0.15) is 11.6 Å². The number of carbonyl (C=O) groups is 3. The topological polar surface area (TPSA) is 103 Å². The van der Waals surface area contributed by atoms with Crippen molar-refractivity contribution < 1.29 is 29.0 Å². The molecule has 1 unspecified atom stereocenters. The van der Waals surface area contributed by atoms with Crippen LogP contribution in [0.15, 0.2) is 54.6 Å². The van der Waals surface area contributed by atoms with Crippen molar-refractivity contribution in [3.63, 3.8) is 0 Å². The van der Waals surface area contributed by atoms with Gasteiger partial charge in [-0.15, -0.1) is 0 Å². The number of hydrogen-bond acceptors (Lipinski definition) is 7. The summed E-state index contributed by atoms with van der Waals surface area (Å²) in [6.07, 6.45) is 9.05. The molecule has 0 aliphatic carbocycles. The number of benzene rings is 1. The van der Waals surface area contributed by atoms with E-state index in [0.29, 0.717) is 52.4 Å². The van der Waals surface area contributed by atoms with Gasteiger partial charge >= 0.3 is 0 Å². The Morgan fingerprint density at radius 3 is 2.26 bits per heavy atom. The third kappa shape index (κ3) is 4.92. The summed E-state index contributed by atoms with van der Waals surface area (Å²) in [5.41, 5.74) is -1.63. The molecule has 1 N–H and O–H groups in total. The van der Waals surface area contributed by atoms with Crippen molar-refractivity contribution in [2.45, 2.75) is 50.0 Å². The molecular formula is C33H44N4O6. The number of fused-ring (bicyclic) bond motifs is 2. The van der Waals surface area contributed by atoms with E-state index in [1.54, 1.807) is 9.80 Å². The fraction of sp³-hybridized carbons (Fsp3) is 0.606. The molecule has 3 amide bonds. The van der Waals surface area contributed by atoms with Gasteiger partial charge in [-0.25, -0.2) is 0 Å². The van der Waals surface area contributed by atoms with Crippen molar-refractivity contribution in [1.82, 2.24) is 19.6 Å². The Morgan fingerprint density at radius 2 is 1.58 bits per heavy atom. The molecule has 3 saturated heterocycles. The summed E-state index contributed by atoms with van der Waals surface area (Å²) >= 11 is 0. The van der Waals surface area contributed by atoms with Crippen LogP contribution in [0.2, 0.25) is 0 Å². The van der Waals surface area contributed by atoms with Crippen LogP contribution in [0.3, 0.4) is 0 Å². The van der Waals surface area contributed by atoms with E-state index in [2.05, 4.69) is 4.90 Å². The van der Waals surface area contributed by atoms with Gasteiger partial charge in [0.25, 0.3) is 0 Å². The molecule has 6 atom stereocenters. The minimum absolute atomic E-state index is 0.112. The molecule has 232 valence electrons.